The summed E-state index contributed by atoms with van der Waals surface area (Å²) in [5, 5.41) is 2.63. The van der Waals surface area contributed by atoms with Crippen LogP contribution in [0, 0.1) is 0 Å². The van der Waals surface area contributed by atoms with Crippen LogP contribution in [0.5, 0.6) is 0 Å². The van der Waals surface area contributed by atoms with Crippen LogP contribution >= 0.6 is 0 Å². The lowest BCUT2D eigenvalue weighted by molar-refractivity contribution is -0.120. The molecule has 15 heavy (non-hydrogen) atoms. The monoisotopic (exact) mass is 205 g/mol. The molecule has 0 atom stereocenters. The largest absolute Gasteiger partial charge is 0.359 e. The van der Waals surface area contributed by atoms with Crippen molar-refractivity contribution in [2.24, 2.45) is 0 Å². The highest BCUT2D eigenvalue weighted by Gasteiger charge is 2.01. The summed E-state index contributed by atoms with van der Waals surface area (Å²) in [5.74, 6) is 0.668. The molecule has 0 radical (unpaired) electrons. The predicted molar refractivity (Wildman–Crippen MR) is 62.9 cm³/mol. The third-order valence-corrected chi connectivity index (χ3v) is 2.57. The first-order chi connectivity index (χ1) is 7.13. The Labute approximate surface area is 91.7 Å². The maximum absolute atomic E-state index is 11.0. The van der Waals surface area contributed by atoms with Gasteiger partial charge in [-0.1, -0.05) is 38.1 Å². The number of rotatable bonds is 4. The lowest BCUT2D eigenvalue weighted by atomic mass is 10.0. The topological polar surface area (TPSA) is 29.1 Å². The predicted octanol–water partition coefficient (Wildman–Crippen LogP) is 2.49. The van der Waals surface area contributed by atoms with Crippen LogP contribution in [0.1, 0.15) is 37.3 Å². The number of aryl methyl sites for hydroxylation is 1. The number of carbonyl (C=O) groups excluding carboxylic acids is 1. The fourth-order valence-electron chi connectivity index (χ4n) is 1.45. The van der Waals surface area contributed by atoms with Crippen molar-refractivity contribution in [3.8, 4) is 0 Å². The Hall–Kier alpha value is -1.31. The Balaban J connectivity index is 2.53. The van der Waals surface area contributed by atoms with Crippen LogP contribution in [0.25, 0.3) is 0 Å². The van der Waals surface area contributed by atoms with Gasteiger partial charge in [0.25, 0.3) is 0 Å². The summed E-state index contributed by atoms with van der Waals surface area (Å²) in [4.78, 5) is 11.0. The number of carbonyl (C=O) groups is 1. The van der Waals surface area contributed by atoms with Crippen LogP contribution in [0.4, 0.5) is 0 Å². The molecule has 0 spiro atoms. The first-order valence-electron chi connectivity index (χ1n) is 5.43. The van der Waals surface area contributed by atoms with E-state index in [1.54, 1.807) is 7.05 Å². The Kier molecular flexibility index (Phi) is 4.35. The van der Waals surface area contributed by atoms with Crippen molar-refractivity contribution in [3.05, 3.63) is 35.4 Å². The third-order valence-electron chi connectivity index (χ3n) is 2.57. The average Bonchev–Trinajstić information content (AvgIpc) is 2.26. The molecule has 0 heterocycles. The molecule has 2 nitrogen and oxygen atoms in total. The minimum Gasteiger partial charge on any atom is -0.359 e. The van der Waals surface area contributed by atoms with E-state index in [0.717, 1.165) is 6.42 Å². The molecule has 82 valence electrons. The molecule has 0 aliphatic rings. The summed E-state index contributed by atoms with van der Waals surface area (Å²) in [5.41, 5.74) is 2.57. The Morgan fingerprint density at radius 3 is 2.33 bits per heavy atom. The Bertz CT molecular complexity index is 314. The average molecular weight is 205 g/mol. The number of hydrogen-bond acceptors (Lipinski definition) is 1. The van der Waals surface area contributed by atoms with Crippen molar-refractivity contribution in [1.82, 2.24) is 5.32 Å². The highest BCUT2D eigenvalue weighted by Crippen LogP contribution is 2.15. The Morgan fingerprint density at radius 2 is 1.87 bits per heavy atom. The second-order valence-corrected chi connectivity index (χ2v) is 4.07. The normalized spacial score (nSPS) is 10.4. The molecule has 1 amide bonds. The lowest BCUT2D eigenvalue weighted by Gasteiger charge is -2.06. The zero-order chi connectivity index (χ0) is 11.3. The van der Waals surface area contributed by atoms with Gasteiger partial charge in [-0.2, -0.15) is 0 Å². The summed E-state index contributed by atoms with van der Waals surface area (Å²) >= 11 is 0. The first kappa shape index (κ1) is 11.8. The summed E-state index contributed by atoms with van der Waals surface area (Å²) in [6, 6.07) is 8.50. The van der Waals surface area contributed by atoms with E-state index in [9.17, 15) is 4.79 Å². The maximum atomic E-state index is 11.0. The number of amides is 1. The van der Waals surface area contributed by atoms with Crippen molar-refractivity contribution in [1.29, 1.82) is 0 Å². The number of nitrogens with one attached hydrogen (secondary N) is 1. The van der Waals surface area contributed by atoms with Crippen LogP contribution in [-0.2, 0) is 11.2 Å². The van der Waals surface area contributed by atoms with Crippen LogP contribution < -0.4 is 5.32 Å². The third kappa shape index (κ3) is 3.74. The van der Waals surface area contributed by atoms with Crippen molar-refractivity contribution < 1.29 is 4.79 Å². The summed E-state index contributed by atoms with van der Waals surface area (Å²) in [7, 11) is 1.67. The lowest BCUT2D eigenvalue weighted by Crippen LogP contribution is -2.17. The van der Waals surface area contributed by atoms with Crippen molar-refractivity contribution in [2.75, 3.05) is 7.05 Å². The number of benzene rings is 1. The SMILES string of the molecule is CNC(=O)CCc1ccc(C(C)C)cc1. The molecule has 0 saturated heterocycles. The molecule has 0 aromatic heterocycles. The molecule has 0 saturated carbocycles. The minimum atomic E-state index is 0.0999. The van der Waals surface area contributed by atoms with Crippen LogP contribution in [0.2, 0.25) is 0 Å². The van der Waals surface area contributed by atoms with E-state index in [2.05, 4.69) is 43.4 Å². The van der Waals surface area contributed by atoms with Gasteiger partial charge in [0.05, 0.1) is 0 Å². The van der Waals surface area contributed by atoms with Crippen LogP contribution in [-0.4, -0.2) is 13.0 Å². The van der Waals surface area contributed by atoms with Gasteiger partial charge in [0.1, 0.15) is 0 Å². The molecule has 2 heteroatoms. The number of hydrogen-bond donors (Lipinski definition) is 1. The van der Waals surface area contributed by atoms with E-state index in [1.165, 1.54) is 11.1 Å². The standard InChI is InChI=1S/C13H19NO/c1-10(2)12-7-4-11(5-8-12)6-9-13(15)14-3/h4-5,7-8,10H,6,9H2,1-3H3,(H,14,15). The van der Waals surface area contributed by atoms with Gasteiger partial charge in [0.2, 0.25) is 5.91 Å². The molecule has 1 rings (SSSR count). The summed E-state index contributed by atoms with van der Waals surface area (Å²) in [6.07, 6.45) is 1.38. The molecule has 0 fully saturated rings. The van der Waals surface area contributed by atoms with E-state index in [1.807, 2.05) is 0 Å². The smallest absolute Gasteiger partial charge is 0.220 e. The second-order valence-electron chi connectivity index (χ2n) is 4.07. The van der Waals surface area contributed by atoms with Crippen molar-refractivity contribution >= 4 is 5.91 Å². The van der Waals surface area contributed by atoms with Gasteiger partial charge < -0.3 is 5.32 Å². The molecule has 1 aromatic rings. The van der Waals surface area contributed by atoms with Gasteiger partial charge in [0, 0.05) is 13.5 Å². The molecule has 1 aromatic carbocycles. The van der Waals surface area contributed by atoms with E-state index < -0.39 is 0 Å². The highest BCUT2D eigenvalue weighted by atomic mass is 16.1. The summed E-state index contributed by atoms with van der Waals surface area (Å²) < 4.78 is 0. The molecular weight excluding hydrogens is 186 g/mol. The quantitative estimate of drug-likeness (QED) is 0.804. The van der Waals surface area contributed by atoms with Gasteiger partial charge in [-0.15, -0.1) is 0 Å². The minimum absolute atomic E-state index is 0.0999. The van der Waals surface area contributed by atoms with E-state index in [0.29, 0.717) is 12.3 Å². The van der Waals surface area contributed by atoms with E-state index in [-0.39, 0.29) is 5.91 Å². The zero-order valence-electron chi connectivity index (χ0n) is 9.71. The van der Waals surface area contributed by atoms with Crippen molar-refractivity contribution in [3.63, 3.8) is 0 Å². The van der Waals surface area contributed by atoms with Crippen LogP contribution in [0.3, 0.4) is 0 Å². The van der Waals surface area contributed by atoms with Gasteiger partial charge in [-0.3, -0.25) is 4.79 Å². The van der Waals surface area contributed by atoms with Gasteiger partial charge in [0.15, 0.2) is 0 Å². The molecule has 0 aliphatic heterocycles. The first-order valence-corrected chi connectivity index (χ1v) is 5.43. The molecule has 0 aliphatic carbocycles. The summed E-state index contributed by atoms with van der Waals surface area (Å²) in [6.45, 7) is 4.36. The molecule has 1 N–H and O–H groups in total. The Morgan fingerprint density at radius 1 is 1.27 bits per heavy atom. The van der Waals surface area contributed by atoms with Gasteiger partial charge >= 0.3 is 0 Å². The zero-order valence-corrected chi connectivity index (χ0v) is 9.71. The highest BCUT2D eigenvalue weighted by molar-refractivity contribution is 5.75. The van der Waals surface area contributed by atoms with Crippen LogP contribution in [0.15, 0.2) is 24.3 Å². The van der Waals surface area contributed by atoms with E-state index >= 15 is 0 Å². The van der Waals surface area contributed by atoms with Crippen molar-refractivity contribution in [2.45, 2.75) is 32.6 Å². The van der Waals surface area contributed by atoms with E-state index in [4.69, 9.17) is 0 Å². The fourth-order valence-corrected chi connectivity index (χ4v) is 1.45. The van der Waals surface area contributed by atoms with Gasteiger partial charge in [-0.25, -0.2) is 0 Å². The second kappa shape index (κ2) is 5.54. The maximum Gasteiger partial charge on any atom is 0.220 e. The molecular formula is C13H19NO. The van der Waals surface area contributed by atoms with Gasteiger partial charge in [-0.05, 0) is 23.5 Å². The molecule has 0 unspecified atom stereocenters. The fraction of sp³-hybridized carbons (Fsp3) is 0.462. The molecule has 0 bridgehead atoms.